The molecular formula is C20H28ClN3O3. The molecule has 0 bridgehead atoms. The van der Waals surface area contributed by atoms with Crippen LogP contribution in [0.25, 0.3) is 0 Å². The van der Waals surface area contributed by atoms with E-state index in [9.17, 15) is 14.7 Å². The van der Waals surface area contributed by atoms with E-state index < -0.39 is 11.4 Å². The number of carbonyl (C=O) groups excluding carboxylic acids is 1. The summed E-state index contributed by atoms with van der Waals surface area (Å²) in [6, 6.07) is 7.86. The molecule has 0 aliphatic carbocycles. The number of hydrogen-bond acceptors (Lipinski definition) is 4. The Morgan fingerprint density at radius 1 is 1.26 bits per heavy atom. The van der Waals surface area contributed by atoms with E-state index in [0.717, 1.165) is 36.5 Å². The number of amides is 1. The maximum absolute atomic E-state index is 12.5. The third-order valence-electron chi connectivity index (χ3n) is 5.77. The number of likely N-dealkylation sites (tertiary alicyclic amines) is 2. The second-order valence-electron chi connectivity index (χ2n) is 7.91. The van der Waals surface area contributed by atoms with E-state index in [1.54, 1.807) is 6.92 Å². The Hall–Kier alpha value is -1.63. The van der Waals surface area contributed by atoms with Gasteiger partial charge in [0.15, 0.2) is 0 Å². The SMILES string of the molecule is CC1(C(=O)O)CCN(CC(=O)NCC(c2ccccc2Cl)N2CCCC2)C1. The number of rotatable bonds is 7. The molecule has 6 nitrogen and oxygen atoms in total. The van der Waals surface area contributed by atoms with Crippen molar-refractivity contribution in [3.05, 3.63) is 34.9 Å². The molecule has 0 spiro atoms. The molecule has 0 saturated carbocycles. The molecule has 7 heteroatoms. The maximum atomic E-state index is 12.5. The lowest BCUT2D eigenvalue weighted by Gasteiger charge is -2.29. The minimum absolute atomic E-state index is 0.0630. The van der Waals surface area contributed by atoms with E-state index in [-0.39, 0.29) is 18.5 Å². The average Bonchev–Trinajstić information content (AvgIpc) is 3.28. The summed E-state index contributed by atoms with van der Waals surface area (Å²) in [7, 11) is 0. The van der Waals surface area contributed by atoms with Gasteiger partial charge in [-0.05, 0) is 57.5 Å². The molecule has 148 valence electrons. The highest BCUT2D eigenvalue weighted by Gasteiger charge is 2.40. The fourth-order valence-electron chi connectivity index (χ4n) is 4.07. The number of benzene rings is 1. The van der Waals surface area contributed by atoms with Crippen molar-refractivity contribution in [3.63, 3.8) is 0 Å². The van der Waals surface area contributed by atoms with Crippen LogP contribution in [0, 0.1) is 5.41 Å². The van der Waals surface area contributed by atoms with Crippen LogP contribution in [-0.2, 0) is 9.59 Å². The van der Waals surface area contributed by atoms with Crippen molar-refractivity contribution in [2.24, 2.45) is 5.41 Å². The molecule has 2 saturated heterocycles. The summed E-state index contributed by atoms with van der Waals surface area (Å²) in [6.07, 6.45) is 2.90. The van der Waals surface area contributed by atoms with Crippen LogP contribution in [0.3, 0.4) is 0 Å². The predicted molar refractivity (Wildman–Crippen MR) is 105 cm³/mol. The highest BCUT2D eigenvalue weighted by atomic mass is 35.5. The number of hydrogen-bond donors (Lipinski definition) is 2. The first-order valence-corrected chi connectivity index (χ1v) is 9.98. The second-order valence-corrected chi connectivity index (χ2v) is 8.32. The number of aliphatic carboxylic acids is 1. The lowest BCUT2D eigenvalue weighted by atomic mass is 9.90. The smallest absolute Gasteiger partial charge is 0.310 e. The van der Waals surface area contributed by atoms with Crippen LogP contribution in [0.2, 0.25) is 5.02 Å². The molecule has 1 aromatic carbocycles. The Labute approximate surface area is 165 Å². The van der Waals surface area contributed by atoms with E-state index in [0.29, 0.717) is 26.1 Å². The Balaban J connectivity index is 1.58. The Kier molecular flexibility index (Phi) is 6.40. The largest absolute Gasteiger partial charge is 0.481 e. The molecule has 2 aliphatic rings. The Bertz CT molecular complexity index is 693. The van der Waals surface area contributed by atoms with Crippen LogP contribution >= 0.6 is 11.6 Å². The van der Waals surface area contributed by atoms with Crippen molar-refractivity contribution in [3.8, 4) is 0 Å². The highest BCUT2D eigenvalue weighted by molar-refractivity contribution is 6.31. The van der Waals surface area contributed by atoms with Crippen LogP contribution in [0.5, 0.6) is 0 Å². The molecule has 2 unspecified atom stereocenters. The molecule has 0 radical (unpaired) electrons. The summed E-state index contributed by atoms with van der Waals surface area (Å²) in [5, 5.41) is 13.1. The van der Waals surface area contributed by atoms with Gasteiger partial charge in [-0.2, -0.15) is 0 Å². The first-order valence-electron chi connectivity index (χ1n) is 9.60. The fraction of sp³-hybridized carbons (Fsp3) is 0.600. The molecule has 2 heterocycles. The van der Waals surface area contributed by atoms with Crippen LogP contribution in [0.4, 0.5) is 0 Å². The number of nitrogens with one attached hydrogen (secondary N) is 1. The molecule has 0 aromatic heterocycles. The van der Waals surface area contributed by atoms with Crippen molar-refractivity contribution in [1.29, 1.82) is 0 Å². The number of halogens is 1. The van der Waals surface area contributed by atoms with Crippen LogP contribution < -0.4 is 5.32 Å². The van der Waals surface area contributed by atoms with E-state index in [1.807, 2.05) is 29.2 Å². The molecule has 1 amide bonds. The lowest BCUT2D eigenvalue weighted by molar-refractivity contribution is -0.147. The third-order valence-corrected chi connectivity index (χ3v) is 6.12. The van der Waals surface area contributed by atoms with Gasteiger partial charge in [0.05, 0.1) is 18.0 Å². The monoisotopic (exact) mass is 393 g/mol. The molecule has 2 N–H and O–H groups in total. The number of carboxylic acids is 1. The first kappa shape index (κ1) is 20.1. The van der Waals surface area contributed by atoms with Gasteiger partial charge in [0, 0.05) is 18.1 Å². The molecule has 2 fully saturated rings. The summed E-state index contributed by atoms with van der Waals surface area (Å²) in [5.41, 5.74) is 0.289. The maximum Gasteiger partial charge on any atom is 0.310 e. The Morgan fingerprint density at radius 2 is 1.96 bits per heavy atom. The van der Waals surface area contributed by atoms with Gasteiger partial charge in [0.25, 0.3) is 0 Å². The van der Waals surface area contributed by atoms with Crippen LogP contribution in [0.1, 0.15) is 37.8 Å². The van der Waals surface area contributed by atoms with E-state index >= 15 is 0 Å². The van der Waals surface area contributed by atoms with Crippen molar-refractivity contribution in [2.45, 2.75) is 32.2 Å². The minimum atomic E-state index is -0.793. The van der Waals surface area contributed by atoms with Gasteiger partial charge in [-0.3, -0.25) is 19.4 Å². The summed E-state index contributed by atoms with van der Waals surface area (Å²) >= 11 is 6.41. The number of carbonyl (C=O) groups is 2. The summed E-state index contributed by atoms with van der Waals surface area (Å²) in [5.74, 6) is -0.862. The van der Waals surface area contributed by atoms with Crippen molar-refractivity contribution < 1.29 is 14.7 Å². The lowest BCUT2D eigenvalue weighted by Crippen LogP contribution is -2.42. The molecule has 2 aliphatic heterocycles. The normalized spacial score (nSPS) is 24.8. The van der Waals surface area contributed by atoms with Gasteiger partial charge >= 0.3 is 5.97 Å². The zero-order valence-corrected chi connectivity index (χ0v) is 16.5. The van der Waals surface area contributed by atoms with E-state index in [2.05, 4.69) is 10.2 Å². The standard InChI is InChI=1S/C20H28ClN3O3/c1-20(19(26)27)8-11-23(14-20)13-18(25)22-12-17(24-9-4-5-10-24)15-6-2-3-7-16(15)21/h2-3,6-7,17H,4-5,8-14H2,1H3,(H,22,25)(H,26,27). The molecular weight excluding hydrogens is 366 g/mol. The summed E-state index contributed by atoms with van der Waals surface area (Å²) in [6.45, 7) is 5.55. The number of carboxylic acid groups (broad SMARTS) is 1. The van der Waals surface area contributed by atoms with Crippen LogP contribution in [0.15, 0.2) is 24.3 Å². The summed E-state index contributed by atoms with van der Waals surface area (Å²) in [4.78, 5) is 28.1. The minimum Gasteiger partial charge on any atom is -0.481 e. The number of nitrogens with zero attached hydrogens (tertiary/aromatic N) is 2. The second kappa shape index (κ2) is 8.59. The Morgan fingerprint density at radius 3 is 2.59 bits per heavy atom. The van der Waals surface area contributed by atoms with Gasteiger partial charge < -0.3 is 10.4 Å². The topological polar surface area (TPSA) is 72.9 Å². The fourth-order valence-corrected chi connectivity index (χ4v) is 4.33. The van der Waals surface area contributed by atoms with E-state index in [4.69, 9.17) is 11.6 Å². The van der Waals surface area contributed by atoms with Crippen molar-refractivity contribution in [2.75, 3.05) is 39.3 Å². The molecule has 3 rings (SSSR count). The quantitative estimate of drug-likeness (QED) is 0.744. The first-order chi connectivity index (χ1) is 12.9. The molecule has 27 heavy (non-hydrogen) atoms. The molecule has 1 aromatic rings. The van der Waals surface area contributed by atoms with E-state index in [1.165, 1.54) is 0 Å². The zero-order chi connectivity index (χ0) is 19.4. The van der Waals surface area contributed by atoms with Gasteiger partial charge in [-0.1, -0.05) is 29.8 Å². The summed E-state index contributed by atoms with van der Waals surface area (Å²) < 4.78 is 0. The third kappa shape index (κ3) is 4.81. The van der Waals surface area contributed by atoms with Crippen molar-refractivity contribution >= 4 is 23.5 Å². The van der Waals surface area contributed by atoms with Gasteiger partial charge in [0.1, 0.15) is 0 Å². The van der Waals surface area contributed by atoms with Gasteiger partial charge in [0.2, 0.25) is 5.91 Å². The van der Waals surface area contributed by atoms with Gasteiger partial charge in [-0.25, -0.2) is 0 Å². The zero-order valence-electron chi connectivity index (χ0n) is 15.8. The predicted octanol–water partition coefficient (Wildman–Crippen LogP) is 2.39. The van der Waals surface area contributed by atoms with Crippen molar-refractivity contribution in [1.82, 2.24) is 15.1 Å². The molecule has 2 atom stereocenters. The average molecular weight is 394 g/mol. The highest BCUT2D eigenvalue weighted by Crippen LogP contribution is 2.31. The van der Waals surface area contributed by atoms with Gasteiger partial charge in [-0.15, -0.1) is 0 Å². The van der Waals surface area contributed by atoms with Crippen LogP contribution in [-0.4, -0.2) is 66.1 Å².